The predicted molar refractivity (Wildman–Crippen MR) is 158 cm³/mol. The van der Waals surface area contributed by atoms with Crippen LogP contribution in [0.4, 0.5) is 13.6 Å². The molecule has 0 aliphatic heterocycles. The summed E-state index contributed by atoms with van der Waals surface area (Å²) in [6, 6.07) is 6.57. The van der Waals surface area contributed by atoms with E-state index in [0.717, 1.165) is 6.07 Å². The number of nitrogens with one attached hydrogen (secondary N) is 1. The van der Waals surface area contributed by atoms with Crippen molar-refractivity contribution in [2.24, 2.45) is 16.0 Å². The lowest BCUT2D eigenvalue weighted by atomic mass is 10.1. The first kappa shape index (κ1) is 40.2. The van der Waals surface area contributed by atoms with E-state index in [1.54, 1.807) is 26.8 Å². The number of carbonyl (C=O) groups is 1. The Morgan fingerprint density at radius 2 is 1.42 bits per heavy atom. The van der Waals surface area contributed by atoms with Crippen LogP contribution in [0.3, 0.4) is 0 Å². The van der Waals surface area contributed by atoms with Crippen LogP contribution >= 0.6 is 62.6 Å². The van der Waals surface area contributed by atoms with Crippen molar-refractivity contribution in [2.45, 2.75) is 38.5 Å². The van der Waals surface area contributed by atoms with Gasteiger partial charge in [0.2, 0.25) is 0 Å². The van der Waals surface area contributed by atoms with Gasteiger partial charge in [0.25, 0.3) is 0 Å². The summed E-state index contributed by atoms with van der Waals surface area (Å²) in [5, 5.41) is 9.68. The van der Waals surface area contributed by atoms with Gasteiger partial charge in [0.15, 0.2) is 0 Å². The number of halogens is 5. The molecule has 0 unspecified atom stereocenters. The Labute approximate surface area is 249 Å². The fourth-order valence-corrected chi connectivity index (χ4v) is 3.06. The van der Waals surface area contributed by atoms with Crippen LogP contribution < -0.4 is 11.1 Å². The molecule has 3 N–H and O–H groups in total. The van der Waals surface area contributed by atoms with Crippen molar-refractivity contribution in [1.29, 1.82) is 0 Å². The van der Waals surface area contributed by atoms with E-state index in [4.69, 9.17) is 44.7 Å². The molecule has 38 heavy (non-hydrogen) atoms. The predicted octanol–water partition coefficient (Wildman–Crippen LogP) is 7.79. The lowest BCUT2D eigenvalue weighted by Crippen LogP contribution is -2.36. The molecule has 0 saturated carbocycles. The van der Waals surface area contributed by atoms with Crippen LogP contribution in [0.1, 0.15) is 44.0 Å². The highest BCUT2D eigenvalue weighted by Gasteiger charge is 2.21. The second-order valence-corrected chi connectivity index (χ2v) is 8.91. The molecule has 0 fully saturated rings. The molecule has 212 valence electrons. The SMILES string of the molecule is CC(C)(C)OC(=O)N[C@H](CN=[N+]=[N-])c1cc(F)cc(Cl)c1.Cl.S.S.[N-]=[N+]=NC[C@@H](N)c1cc(F)cc(Cl)c1. The number of nitrogens with zero attached hydrogens (tertiary/aromatic N) is 6. The third-order valence-corrected chi connectivity index (χ3v) is 4.40. The maximum Gasteiger partial charge on any atom is 0.408 e. The van der Waals surface area contributed by atoms with Crippen LogP contribution in [-0.2, 0) is 4.74 Å². The van der Waals surface area contributed by atoms with Crippen molar-refractivity contribution in [3.8, 4) is 0 Å². The molecule has 0 radical (unpaired) electrons. The van der Waals surface area contributed by atoms with Gasteiger partial charge >= 0.3 is 6.09 Å². The molecule has 0 aliphatic rings. The first-order chi connectivity index (χ1) is 16.3. The maximum atomic E-state index is 13.4. The normalized spacial score (nSPS) is 11.2. The Balaban J connectivity index is -0.000000637. The summed E-state index contributed by atoms with van der Waals surface area (Å²) in [5.41, 5.74) is 22.3. The standard InChI is InChI=1S/C13H16ClFN4O2.C8H8ClFN4.ClH.2H2S/c1-13(2,3)21-12(20)18-11(7-17-19-16)8-4-9(14)6-10(15)5-8;9-6-1-5(2-7(10)3-6)8(11)4-13-14-12;;;/h4-6,11H,7H2,1-3H3,(H,18,20);1-3,8H,4,11H2;1H;2*1H2/t11-;8-;;;/m11.../s1. The number of rotatable bonds is 7. The van der Waals surface area contributed by atoms with Crippen LogP contribution in [0.15, 0.2) is 46.6 Å². The van der Waals surface area contributed by atoms with Gasteiger partial charge in [-0.05, 0) is 79.4 Å². The molecule has 0 heterocycles. The number of hydrogen-bond acceptors (Lipinski definition) is 5. The fraction of sp³-hybridized carbons (Fsp3) is 0.381. The lowest BCUT2D eigenvalue weighted by molar-refractivity contribution is 0.0505. The minimum atomic E-state index is -0.732. The van der Waals surface area contributed by atoms with Crippen molar-refractivity contribution in [3.05, 3.63) is 90.1 Å². The quantitative estimate of drug-likeness (QED) is 0.181. The van der Waals surface area contributed by atoms with Crippen LogP contribution in [-0.4, -0.2) is 24.8 Å². The molecule has 0 spiro atoms. The Bertz CT molecular complexity index is 1090. The smallest absolute Gasteiger partial charge is 0.408 e. The van der Waals surface area contributed by atoms with Crippen LogP contribution in [0, 0.1) is 11.6 Å². The second-order valence-electron chi connectivity index (χ2n) is 8.04. The summed E-state index contributed by atoms with van der Waals surface area (Å²) in [6.45, 7) is 5.14. The number of hydrogen-bond donors (Lipinski definition) is 2. The minimum absolute atomic E-state index is 0. The Hall–Kier alpha value is -2.28. The van der Waals surface area contributed by atoms with E-state index in [9.17, 15) is 13.6 Å². The number of carbonyl (C=O) groups excluding carboxylic acids is 1. The van der Waals surface area contributed by atoms with Gasteiger partial charge in [-0.15, -0.1) is 12.4 Å². The molecule has 0 bridgehead atoms. The van der Waals surface area contributed by atoms with Crippen molar-refractivity contribution in [3.63, 3.8) is 0 Å². The molecule has 2 aromatic rings. The third-order valence-electron chi connectivity index (χ3n) is 3.96. The van der Waals surface area contributed by atoms with Gasteiger partial charge in [0.1, 0.15) is 17.2 Å². The molecular weight excluding hydrogens is 605 g/mol. The third kappa shape index (κ3) is 16.5. The van der Waals surface area contributed by atoms with Crippen molar-refractivity contribution < 1.29 is 18.3 Å². The van der Waals surface area contributed by atoms with E-state index in [0.29, 0.717) is 11.1 Å². The zero-order valence-electron chi connectivity index (χ0n) is 20.5. The molecule has 10 nitrogen and oxygen atoms in total. The minimum Gasteiger partial charge on any atom is -0.444 e. The fourth-order valence-electron chi connectivity index (χ4n) is 2.60. The van der Waals surface area contributed by atoms with Gasteiger partial charge < -0.3 is 15.8 Å². The Morgan fingerprint density at radius 3 is 1.87 bits per heavy atom. The van der Waals surface area contributed by atoms with Crippen molar-refractivity contribution in [2.75, 3.05) is 13.1 Å². The summed E-state index contributed by atoms with van der Waals surface area (Å²) < 4.78 is 31.4. The summed E-state index contributed by atoms with van der Waals surface area (Å²) in [6.07, 6.45) is -0.693. The monoisotopic (exact) mass is 632 g/mol. The average molecular weight is 634 g/mol. The highest BCUT2D eigenvalue weighted by atomic mass is 35.5. The summed E-state index contributed by atoms with van der Waals surface area (Å²) >= 11 is 11.4. The molecule has 0 saturated heterocycles. The number of alkyl carbamates (subject to hydrolysis) is 1. The molecule has 0 aromatic heterocycles. The number of nitrogens with two attached hydrogens (primary N) is 1. The molecule has 0 aliphatic carbocycles. The molecule has 2 rings (SSSR count). The van der Waals surface area contributed by atoms with Crippen LogP contribution in [0.5, 0.6) is 0 Å². The van der Waals surface area contributed by atoms with E-state index < -0.39 is 35.4 Å². The largest absolute Gasteiger partial charge is 0.444 e. The molecule has 2 atom stereocenters. The van der Waals surface area contributed by atoms with E-state index in [-0.39, 0.29) is 62.5 Å². The van der Waals surface area contributed by atoms with Gasteiger partial charge in [-0.25, -0.2) is 13.6 Å². The topological polar surface area (TPSA) is 162 Å². The van der Waals surface area contributed by atoms with E-state index in [1.165, 1.54) is 24.3 Å². The molecule has 1 amide bonds. The van der Waals surface area contributed by atoms with E-state index >= 15 is 0 Å². The number of amides is 1. The first-order valence-corrected chi connectivity index (χ1v) is 10.8. The van der Waals surface area contributed by atoms with Crippen molar-refractivity contribution in [1.82, 2.24) is 5.32 Å². The Morgan fingerprint density at radius 1 is 0.974 bits per heavy atom. The van der Waals surface area contributed by atoms with Gasteiger partial charge in [-0.2, -0.15) is 27.0 Å². The van der Waals surface area contributed by atoms with Crippen LogP contribution in [0.2, 0.25) is 10.0 Å². The second kappa shape index (κ2) is 19.7. The van der Waals surface area contributed by atoms with Gasteiger partial charge in [0, 0.05) is 32.5 Å². The highest BCUT2D eigenvalue weighted by molar-refractivity contribution is 7.59. The summed E-state index contributed by atoms with van der Waals surface area (Å²) in [4.78, 5) is 17.0. The van der Waals surface area contributed by atoms with Crippen LogP contribution in [0.25, 0.3) is 20.9 Å². The van der Waals surface area contributed by atoms with Gasteiger partial charge in [-0.1, -0.05) is 33.4 Å². The maximum absolute atomic E-state index is 13.4. The zero-order valence-corrected chi connectivity index (χ0v) is 24.9. The number of ether oxygens (including phenoxy) is 1. The van der Waals surface area contributed by atoms with Crippen molar-refractivity contribution >= 4 is 68.7 Å². The van der Waals surface area contributed by atoms with Gasteiger partial charge in [0.05, 0.1) is 12.6 Å². The highest BCUT2D eigenvalue weighted by Crippen LogP contribution is 2.21. The van der Waals surface area contributed by atoms with Gasteiger partial charge in [-0.3, -0.25) is 0 Å². The molecule has 17 heteroatoms. The number of benzene rings is 2. The molecular formula is C21H29Cl3F2N8O2S2. The van der Waals surface area contributed by atoms with E-state index in [2.05, 4.69) is 25.4 Å². The lowest BCUT2D eigenvalue weighted by Gasteiger charge is -2.23. The molecule has 2 aromatic carbocycles. The zero-order chi connectivity index (χ0) is 26.6. The first-order valence-electron chi connectivity index (χ1n) is 10.0. The summed E-state index contributed by atoms with van der Waals surface area (Å²) in [7, 11) is 0. The average Bonchev–Trinajstić information content (AvgIpc) is 2.72. The number of azide groups is 2. The summed E-state index contributed by atoms with van der Waals surface area (Å²) in [5.74, 6) is -1.00. The Kier molecular flexibility index (Phi) is 20.9. The van der Waals surface area contributed by atoms with E-state index in [1.807, 2.05) is 0 Å².